The topological polar surface area (TPSA) is 67.2 Å². The first-order valence-corrected chi connectivity index (χ1v) is 11.4. The summed E-state index contributed by atoms with van der Waals surface area (Å²) in [7, 11) is 1.98. The van der Waals surface area contributed by atoms with Gasteiger partial charge >= 0.3 is 0 Å². The number of hydrogen-bond donors (Lipinski definition) is 0. The van der Waals surface area contributed by atoms with Gasteiger partial charge in [-0.2, -0.15) is 5.10 Å². The lowest BCUT2D eigenvalue weighted by Crippen LogP contribution is -2.37. The lowest BCUT2D eigenvalue weighted by molar-refractivity contribution is -0.119. The Kier molecular flexibility index (Phi) is 5.51. The minimum atomic E-state index is 0.139. The van der Waals surface area contributed by atoms with Gasteiger partial charge in [-0.3, -0.25) is 19.3 Å². The van der Waals surface area contributed by atoms with Crippen LogP contribution in [0.1, 0.15) is 59.2 Å². The number of nitrogens with zero attached hydrogens (tertiary/aromatic N) is 6. The van der Waals surface area contributed by atoms with Gasteiger partial charge in [-0.25, -0.2) is 9.97 Å². The number of benzene rings is 1. The predicted molar refractivity (Wildman–Crippen MR) is 123 cm³/mol. The molecule has 2 aliphatic rings. The molecule has 2 aliphatic heterocycles. The summed E-state index contributed by atoms with van der Waals surface area (Å²) in [6.45, 7) is 6.58. The van der Waals surface area contributed by atoms with E-state index < -0.39 is 0 Å². The SMILES string of the molecule is Cc1nc([C@@H]2CCCN2Cc2cnn(C)c2C)nc2c1CCC(=O)N2Cc1ccccc1. The van der Waals surface area contributed by atoms with E-state index in [0.717, 1.165) is 60.8 Å². The van der Waals surface area contributed by atoms with Gasteiger partial charge in [0.25, 0.3) is 0 Å². The minimum absolute atomic E-state index is 0.139. The Balaban J connectivity index is 1.47. The maximum absolute atomic E-state index is 12.9. The number of anilines is 1. The van der Waals surface area contributed by atoms with Crippen molar-refractivity contribution in [3.8, 4) is 0 Å². The van der Waals surface area contributed by atoms with Gasteiger partial charge in [0.05, 0.1) is 18.8 Å². The van der Waals surface area contributed by atoms with E-state index >= 15 is 0 Å². The molecule has 2 aromatic heterocycles. The summed E-state index contributed by atoms with van der Waals surface area (Å²) in [4.78, 5) is 27.2. The normalized spacial score (nSPS) is 18.9. The van der Waals surface area contributed by atoms with Gasteiger partial charge in [0.1, 0.15) is 11.6 Å². The van der Waals surface area contributed by atoms with Crippen molar-refractivity contribution >= 4 is 11.7 Å². The summed E-state index contributed by atoms with van der Waals surface area (Å²) >= 11 is 0. The number of likely N-dealkylation sites (tertiary alicyclic amines) is 1. The molecule has 1 atom stereocenters. The van der Waals surface area contributed by atoms with E-state index in [1.807, 2.05) is 41.0 Å². The molecule has 1 fully saturated rings. The highest BCUT2D eigenvalue weighted by molar-refractivity contribution is 5.95. The van der Waals surface area contributed by atoms with Crippen molar-refractivity contribution in [1.29, 1.82) is 0 Å². The van der Waals surface area contributed by atoms with Gasteiger partial charge in [0.15, 0.2) is 0 Å². The van der Waals surface area contributed by atoms with Crippen LogP contribution in [0.15, 0.2) is 36.5 Å². The minimum Gasteiger partial charge on any atom is -0.292 e. The molecule has 1 amide bonds. The summed E-state index contributed by atoms with van der Waals surface area (Å²) in [6, 6.07) is 10.3. The Morgan fingerprint density at radius 3 is 2.62 bits per heavy atom. The monoisotopic (exact) mass is 430 g/mol. The van der Waals surface area contributed by atoms with Crippen LogP contribution in [0.25, 0.3) is 0 Å². The summed E-state index contributed by atoms with van der Waals surface area (Å²) in [5.41, 5.74) is 5.66. The standard InChI is InChI=1S/C25H30N6O/c1-17-21-11-12-23(32)31(15-19-8-5-4-6-9-19)25(21)28-24(27-17)22-10-7-13-30(22)16-20-14-26-29(3)18(20)2/h4-6,8-9,14,22H,7,10-13,15-16H2,1-3H3/t22-/m0/s1. The Morgan fingerprint density at radius 2 is 1.88 bits per heavy atom. The van der Waals surface area contributed by atoms with Crippen molar-refractivity contribution in [3.05, 3.63) is 70.4 Å². The summed E-state index contributed by atoms with van der Waals surface area (Å²) in [5.74, 6) is 1.78. The fourth-order valence-electron chi connectivity index (χ4n) is 4.91. The smallest absolute Gasteiger partial charge is 0.228 e. The maximum Gasteiger partial charge on any atom is 0.228 e. The lowest BCUT2D eigenvalue weighted by Gasteiger charge is -2.31. The molecule has 0 bridgehead atoms. The number of amides is 1. The zero-order chi connectivity index (χ0) is 22.2. The zero-order valence-electron chi connectivity index (χ0n) is 19.1. The van der Waals surface area contributed by atoms with E-state index in [4.69, 9.17) is 9.97 Å². The molecule has 0 aliphatic carbocycles. The number of fused-ring (bicyclic) bond motifs is 1. The highest BCUT2D eigenvalue weighted by Gasteiger charge is 2.33. The van der Waals surface area contributed by atoms with Crippen LogP contribution in [-0.2, 0) is 31.4 Å². The fourth-order valence-corrected chi connectivity index (χ4v) is 4.91. The summed E-state index contributed by atoms with van der Waals surface area (Å²) in [5, 5.41) is 4.40. The molecule has 0 radical (unpaired) electrons. The lowest BCUT2D eigenvalue weighted by atomic mass is 10.0. The van der Waals surface area contributed by atoms with Gasteiger partial charge in [-0.1, -0.05) is 30.3 Å². The molecule has 7 nitrogen and oxygen atoms in total. The van der Waals surface area contributed by atoms with Crippen LogP contribution < -0.4 is 4.90 Å². The molecule has 5 rings (SSSR count). The van der Waals surface area contributed by atoms with E-state index in [1.54, 1.807) is 0 Å². The van der Waals surface area contributed by atoms with Crippen molar-refractivity contribution in [3.63, 3.8) is 0 Å². The molecule has 1 aromatic carbocycles. The average Bonchev–Trinajstić information content (AvgIpc) is 3.38. The fraction of sp³-hybridized carbons (Fsp3) is 0.440. The Bertz CT molecular complexity index is 1140. The van der Waals surface area contributed by atoms with Crippen molar-refractivity contribution < 1.29 is 4.79 Å². The quantitative estimate of drug-likeness (QED) is 0.618. The molecule has 0 spiro atoms. The number of carbonyl (C=O) groups is 1. The number of hydrogen-bond acceptors (Lipinski definition) is 5. The molecule has 3 aromatic rings. The molecule has 32 heavy (non-hydrogen) atoms. The third-order valence-electron chi connectivity index (χ3n) is 6.91. The van der Waals surface area contributed by atoms with Crippen LogP contribution in [0, 0.1) is 13.8 Å². The molecule has 166 valence electrons. The van der Waals surface area contributed by atoms with E-state index in [-0.39, 0.29) is 11.9 Å². The van der Waals surface area contributed by atoms with Gasteiger partial charge in [-0.05, 0) is 45.2 Å². The van der Waals surface area contributed by atoms with Crippen molar-refractivity contribution in [2.75, 3.05) is 11.4 Å². The van der Waals surface area contributed by atoms with Crippen LogP contribution in [0.2, 0.25) is 0 Å². The Hall–Kier alpha value is -3.06. The number of aromatic nitrogens is 4. The third kappa shape index (κ3) is 3.81. The average molecular weight is 431 g/mol. The van der Waals surface area contributed by atoms with Crippen LogP contribution >= 0.6 is 0 Å². The Morgan fingerprint density at radius 1 is 1.06 bits per heavy atom. The second kappa shape index (κ2) is 8.47. The highest BCUT2D eigenvalue weighted by Crippen LogP contribution is 2.36. The van der Waals surface area contributed by atoms with E-state index in [1.165, 1.54) is 11.3 Å². The number of rotatable bonds is 5. The van der Waals surface area contributed by atoms with E-state index in [2.05, 4.69) is 36.0 Å². The molecular weight excluding hydrogens is 400 g/mol. The van der Waals surface area contributed by atoms with Crippen LogP contribution in [0.4, 0.5) is 5.82 Å². The van der Waals surface area contributed by atoms with Crippen LogP contribution in [0.5, 0.6) is 0 Å². The van der Waals surface area contributed by atoms with Gasteiger partial charge in [0.2, 0.25) is 5.91 Å². The molecule has 1 saturated heterocycles. The molecule has 0 saturated carbocycles. The van der Waals surface area contributed by atoms with Crippen molar-refractivity contribution in [2.45, 2.75) is 58.7 Å². The highest BCUT2D eigenvalue weighted by atomic mass is 16.2. The second-order valence-electron chi connectivity index (χ2n) is 8.94. The molecule has 4 heterocycles. The van der Waals surface area contributed by atoms with Crippen LogP contribution in [0.3, 0.4) is 0 Å². The third-order valence-corrected chi connectivity index (χ3v) is 6.91. The summed E-state index contributed by atoms with van der Waals surface area (Å²) in [6.07, 6.45) is 5.35. The largest absolute Gasteiger partial charge is 0.292 e. The van der Waals surface area contributed by atoms with E-state index in [9.17, 15) is 4.79 Å². The Labute approximate surface area is 189 Å². The first-order valence-electron chi connectivity index (χ1n) is 11.4. The second-order valence-corrected chi connectivity index (χ2v) is 8.94. The van der Waals surface area contributed by atoms with Crippen molar-refractivity contribution in [1.82, 2.24) is 24.6 Å². The number of carbonyl (C=O) groups excluding carboxylic acids is 1. The molecule has 0 unspecified atom stereocenters. The van der Waals surface area contributed by atoms with E-state index in [0.29, 0.717) is 13.0 Å². The van der Waals surface area contributed by atoms with Crippen molar-refractivity contribution in [2.24, 2.45) is 7.05 Å². The van der Waals surface area contributed by atoms with Gasteiger partial charge in [-0.15, -0.1) is 0 Å². The van der Waals surface area contributed by atoms with Gasteiger partial charge in [0, 0.05) is 42.5 Å². The molecule has 7 heteroatoms. The number of aryl methyl sites for hydroxylation is 2. The maximum atomic E-state index is 12.9. The molecular formula is C25H30N6O. The zero-order valence-corrected chi connectivity index (χ0v) is 19.1. The van der Waals surface area contributed by atoms with Gasteiger partial charge < -0.3 is 0 Å². The summed E-state index contributed by atoms with van der Waals surface area (Å²) < 4.78 is 1.92. The first kappa shape index (κ1) is 20.8. The first-order chi connectivity index (χ1) is 15.5. The predicted octanol–water partition coefficient (Wildman–Crippen LogP) is 3.64. The van der Waals surface area contributed by atoms with Crippen LogP contribution in [-0.4, -0.2) is 37.1 Å². The molecule has 0 N–H and O–H groups in total.